The lowest BCUT2D eigenvalue weighted by Gasteiger charge is -2.31. The zero-order chi connectivity index (χ0) is 15.4. The second-order valence-corrected chi connectivity index (χ2v) is 6.22. The molecule has 3 heteroatoms. The van der Waals surface area contributed by atoms with Gasteiger partial charge in [0.1, 0.15) is 0 Å². The van der Waals surface area contributed by atoms with Gasteiger partial charge in [0, 0.05) is 31.7 Å². The second-order valence-electron chi connectivity index (χ2n) is 6.22. The van der Waals surface area contributed by atoms with E-state index in [9.17, 15) is 0 Å². The van der Waals surface area contributed by atoms with Crippen molar-refractivity contribution < 1.29 is 0 Å². The SMILES string of the molecule is CCN(CC)C1CCN(C(CN)c2c(C)cccc2C)C1. The molecule has 0 aliphatic carbocycles. The summed E-state index contributed by atoms with van der Waals surface area (Å²) in [5.74, 6) is 0. The van der Waals surface area contributed by atoms with Crippen molar-refractivity contribution in [2.75, 3.05) is 32.7 Å². The Morgan fingerprint density at radius 2 is 1.86 bits per heavy atom. The van der Waals surface area contributed by atoms with E-state index in [2.05, 4.69) is 55.7 Å². The zero-order valence-corrected chi connectivity index (χ0v) is 14.1. The molecule has 0 radical (unpaired) electrons. The quantitative estimate of drug-likeness (QED) is 0.874. The van der Waals surface area contributed by atoms with Gasteiger partial charge in [-0.15, -0.1) is 0 Å². The summed E-state index contributed by atoms with van der Waals surface area (Å²) >= 11 is 0. The molecule has 0 amide bonds. The first kappa shape index (κ1) is 16.5. The Balaban J connectivity index is 2.16. The molecule has 1 aromatic carbocycles. The molecule has 0 aromatic heterocycles. The van der Waals surface area contributed by atoms with Gasteiger partial charge in [0.2, 0.25) is 0 Å². The summed E-state index contributed by atoms with van der Waals surface area (Å²) in [4.78, 5) is 5.18. The minimum atomic E-state index is 0.367. The van der Waals surface area contributed by atoms with Crippen molar-refractivity contribution in [3.05, 3.63) is 34.9 Å². The number of likely N-dealkylation sites (N-methyl/N-ethyl adjacent to an activating group) is 1. The minimum absolute atomic E-state index is 0.367. The molecule has 0 saturated carbocycles. The van der Waals surface area contributed by atoms with Crippen molar-refractivity contribution in [2.45, 2.75) is 46.2 Å². The molecule has 2 rings (SSSR count). The normalized spacial score (nSPS) is 21.1. The largest absolute Gasteiger partial charge is 0.329 e. The molecule has 1 aliphatic heterocycles. The van der Waals surface area contributed by atoms with Crippen LogP contribution in [0.4, 0.5) is 0 Å². The molecule has 1 aliphatic rings. The van der Waals surface area contributed by atoms with Crippen LogP contribution >= 0.6 is 0 Å². The molecule has 1 saturated heterocycles. The third kappa shape index (κ3) is 3.47. The first-order valence-electron chi connectivity index (χ1n) is 8.36. The maximum Gasteiger partial charge on any atom is 0.0476 e. The Morgan fingerprint density at radius 3 is 2.38 bits per heavy atom. The van der Waals surface area contributed by atoms with Crippen LogP contribution in [-0.4, -0.2) is 48.6 Å². The third-order valence-corrected chi connectivity index (χ3v) is 5.06. The molecule has 0 spiro atoms. The van der Waals surface area contributed by atoms with Crippen molar-refractivity contribution in [1.82, 2.24) is 9.80 Å². The van der Waals surface area contributed by atoms with Crippen LogP contribution in [0.25, 0.3) is 0 Å². The third-order valence-electron chi connectivity index (χ3n) is 5.06. The van der Waals surface area contributed by atoms with E-state index in [1.54, 1.807) is 0 Å². The van der Waals surface area contributed by atoms with Gasteiger partial charge in [0.25, 0.3) is 0 Å². The van der Waals surface area contributed by atoms with Crippen LogP contribution in [0.15, 0.2) is 18.2 Å². The first-order valence-corrected chi connectivity index (χ1v) is 8.36. The molecule has 0 bridgehead atoms. The van der Waals surface area contributed by atoms with E-state index in [1.807, 2.05) is 0 Å². The Kier molecular flexibility index (Phi) is 5.80. The molecule has 21 heavy (non-hydrogen) atoms. The molecule has 1 heterocycles. The fraction of sp³-hybridized carbons (Fsp3) is 0.667. The monoisotopic (exact) mass is 289 g/mol. The smallest absolute Gasteiger partial charge is 0.0476 e. The number of hydrogen-bond acceptors (Lipinski definition) is 3. The van der Waals surface area contributed by atoms with E-state index in [-0.39, 0.29) is 0 Å². The van der Waals surface area contributed by atoms with Gasteiger partial charge in [-0.25, -0.2) is 0 Å². The van der Waals surface area contributed by atoms with Gasteiger partial charge in [-0.05, 0) is 50.0 Å². The summed E-state index contributed by atoms with van der Waals surface area (Å²) < 4.78 is 0. The van der Waals surface area contributed by atoms with Crippen LogP contribution < -0.4 is 5.73 Å². The molecule has 2 unspecified atom stereocenters. The van der Waals surface area contributed by atoms with Crippen LogP contribution in [0.3, 0.4) is 0 Å². The predicted octanol–water partition coefficient (Wildman–Crippen LogP) is 2.72. The van der Waals surface area contributed by atoms with Gasteiger partial charge in [-0.3, -0.25) is 9.80 Å². The molecular formula is C18H31N3. The lowest BCUT2D eigenvalue weighted by atomic mass is 9.95. The van der Waals surface area contributed by atoms with Gasteiger partial charge < -0.3 is 5.73 Å². The molecule has 2 atom stereocenters. The van der Waals surface area contributed by atoms with Gasteiger partial charge in [0.05, 0.1) is 0 Å². The van der Waals surface area contributed by atoms with Gasteiger partial charge in [-0.1, -0.05) is 32.0 Å². The van der Waals surface area contributed by atoms with Gasteiger partial charge in [-0.2, -0.15) is 0 Å². The van der Waals surface area contributed by atoms with Crippen molar-refractivity contribution in [3.63, 3.8) is 0 Å². The van der Waals surface area contributed by atoms with Crippen molar-refractivity contribution in [1.29, 1.82) is 0 Å². The molecule has 1 aromatic rings. The highest BCUT2D eigenvalue weighted by atomic mass is 15.3. The highest BCUT2D eigenvalue weighted by Gasteiger charge is 2.31. The molecule has 1 fully saturated rings. The number of rotatable bonds is 6. The molecular weight excluding hydrogens is 258 g/mol. The van der Waals surface area contributed by atoms with Crippen LogP contribution in [0.1, 0.15) is 43.0 Å². The maximum atomic E-state index is 6.15. The van der Waals surface area contributed by atoms with E-state index < -0.39 is 0 Å². The van der Waals surface area contributed by atoms with E-state index in [0.29, 0.717) is 18.6 Å². The Hall–Kier alpha value is -0.900. The van der Waals surface area contributed by atoms with Crippen LogP contribution in [-0.2, 0) is 0 Å². The lowest BCUT2D eigenvalue weighted by molar-refractivity contribution is 0.189. The highest BCUT2D eigenvalue weighted by Crippen LogP contribution is 2.30. The standard InChI is InChI=1S/C18H31N3/c1-5-20(6-2)16-10-11-21(13-16)17(12-19)18-14(3)8-7-9-15(18)4/h7-9,16-17H,5-6,10-13,19H2,1-4H3. The minimum Gasteiger partial charge on any atom is -0.329 e. The summed E-state index contributed by atoms with van der Waals surface area (Å²) in [5, 5.41) is 0. The molecule has 118 valence electrons. The van der Waals surface area contributed by atoms with Crippen LogP contribution in [0, 0.1) is 13.8 Å². The number of nitrogens with zero attached hydrogens (tertiary/aromatic N) is 2. The Labute approximate surface area is 130 Å². The highest BCUT2D eigenvalue weighted by molar-refractivity contribution is 5.36. The van der Waals surface area contributed by atoms with Crippen LogP contribution in [0.5, 0.6) is 0 Å². The van der Waals surface area contributed by atoms with Gasteiger partial charge >= 0.3 is 0 Å². The molecule has 2 N–H and O–H groups in total. The number of aryl methyl sites for hydroxylation is 2. The van der Waals surface area contributed by atoms with E-state index in [4.69, 9.17) is 5.73 Å². The van der Waals surface area contributed by atoms with E-state index in [1.165, 1.54) is 23.1 Å². The number of benzene rings is 1. The summed E-state index contributed by atoms with van der Waals surface area (Å²) in [6, 6.07) is 7.63. The zero-order valence-electron chi connectivity index (χ0n) is 14.1. The fourth-order valence-corrected chi connectivity index (χ4v) is 3.89. The average molecular weight is 289 g/mol. The Bertz CT molecular complexity index is 434. The van der Waals surface area contributed by atoms with Crippen molar-refractivity contribution in [2.24, 2.45) is 5.73 Å². The fourth-order valence-electron chi connectivity index (χ4n) is 3.89. The number of nitrogens with two attached hydrogens (primary N) is 1. The summed E-state index contributed by atoms with van der Waals surface area (Å²) in [7, 11) is 0. The Morgan fingerprint density at radius 1 is 1.24 bits per heavy atom. The first-order chi connectivity index (χ1) is 10.1. The second kappa shape index (κ2) is 7.39. The van der Waals surface area contributed by atoms with Crippen molar-refractivity contribution >= 4 is 0 Å². The summed E-state index contributed by atoms with van der Waals surface area (Å²) in [6.07, 6.45) is 1.27. The van der Waals surface area contributed by atoms with E-state index in [0.717, 1.165) is 26.2 Å². The lowest BCUT2D eigenvalue weighted by Crippen LogP contribution is -2.39. The summed E-state index contributed by atoms with van der Waals surface area (Å²) in [6.45, 7) is 14.3. The number of likely N-dealkylation sites (tertiary alicyclic amines) is 1. The van der Waals surface area contributed by atoms with Crippen LogP contribution in [0.2, 0.25) is 0 Å². The van der Waals surface area contributed by atoms with Crippen molar-refractivity contribution in [3.8, 4) is 0 Å². The van der Waals surface area contributed by atoms with E-state index >= 15 is 0 Å². The summed E-state index contributed by atoms with van der Waals surface area (Å²) in [5.41, 5.74) is 10.3. The predicted molar refractivity (Wildman–Crippen MR) is 90.6 cm³/mol. The number of hydrogen-bond donors (Lipinski definition) is 1. The van der Waals surface area contributed by atoms with Gasteiger partial charge in [0.15, 0.2) is 0 Å². The topological polar surface area (TPSA) is 32.5 Å². The molecule has 3 nitrogen and oxygen atoms in total. The average Bonchev–Trinajstić information content (AvgIpc) is 2.94. The maximum absolute atomic E-state index is 6.15.